The van der Waals surface area contributed by atoms with Crippen LogP contribution in [0.5, 0.6) is 11.5 Å². The molecule has 0 saturated heterocycles. The van der Waals surface area contributed by atoms with Crippen LogP contribution in [0.2, 0.25) is 0 Å². The van der Waals surface area contributed by atoms with E-state index in [1.165, 1.54) is 18.2 Å². The van der Waals surface area contributed by atoms with Gasteiger partial charge in [-0.05, 0) is 48.6 Å². The van der Waals surface area contributed by atoms with Crippen molar-refractivity contribution in [3.05, 3.63) is 59.2 Å². The second kappa shape index (κ2) is 9.17. The fraction of sp³-hybridized carbons (Fsp3) is 0.381. The maximum absolute atomic E-state index is 12.5. The molecule has 5 nitrogen and oxygen atoms in total. The zero-order chi connectivity index (χ0) is 20.9. The van der Waals surface area contributed by atoms with Crippen LogP contribution in [0, 0.1) is 0 Å². The highest BCUT2D eigenvalue weighted by Gasteiger charge is 2.32. The molecule has 1 unspecified atom stereocenters. The van der Waals surface area contributed by atoms with Gasteiger partial charge >= 0.3 is 12.3 Å². The van der Waals surface area contributed by atoms with Gasteiger partial charge in [0.2, 0.25) is 0 Å². The van der Waals surface area contributed by atoms with Crippen LogP contribution >= 0.6 is 0 Å². The van der Waals surface area contributed by atoms with E-state index < -0.39 is 12.3 Å². The van der Waals surface area contributed by atoms with Crippen molar-refractivity contribution in [2.45, 2.75) is 44.8 Å². The molecule has 0 bridgehead atoms. The summed E-state index contributed by atoms with van der Waals surface area (Å²) in [5.74, 6) is -0.597. The van der Waals surface area contributed by atoms with Gasteiger partial charge in [0.05, 0.1) is 19.1 Å². The molecule has 0 spiro atoms. The van der Waals surface area contributed by atoms with Gasteiger partial charge < -0.3 is 19.3 Å². The normalized spacial score (nSPS) is 16.2. The Kier molecular flexibility index (Phi) is 6.64. The van der Waals surface area contributed by atoms with Crippen LogP contribution in [0.3, 0.4) is 0 Å². The largest absolute Gasteiger partial charge is 0.573 e. The van der Waals surface area contributed by atoms with Gasteiger partial charge in [0, 0.05) is 5.56 Å². The van der Waals surface area contributed by atoms with E-state index in [-0.39, 0.29) is 31.5 Å². The number of carboxylic acid groups (broad SMARTS) is 1. The van der Waals surface area contributed by atoms with Crippen LogP contribution in [0.15, 0.2) is 42.5 Å². The van der Waals surface area contributed by atoms with Crippen molar-refractivity contribution in [2.75, 3.05) is 6.61 Å². The van der Waals surface area contributed by atoms with Gasteiger partial charge in [0.15, 0.2) is 0 Å². The van der Waals surface area contributed by atoms with Crippen molar-refractivity contribution in [1.29, 1.82) is 0 Å². The number of halogens is 3. The molecule has 29 heavy (non-hydrogen) atoms. The first-order chi connectivity index (χ1) is 13.8. The molecule has 1 atom stereocenters. The molecule has 0 aliphatic heterocycles. The van der Waals surface area contributed by atoms with Gasteiger partial charge in [0.1, 0.15) is 18.1 Å². The predicted octanol–water partition coefficient (Wildman–Crippen LogP) is 4.51. The Morgan fingerprint density at radius 1 is 1.14 bits per heavy atom. The summed E-state index contributed by atoms with van der Waals surface area (Å²) >= 11 is 0. The average molecular weight is 410 g/mol. The average Bonchev–Trinajstić information content (AvgIpc) is 2.66. The summed E-state index contributed by atoms with van der Waals surface area (Å²) < 4.78 is 52.9. The molecule has 1 N–H and O–H groups in total. The maximum atomic E-state index is 12.5. The summed E-state index contributed by atoms with van der Waals surface area (Å²) in [5, 5.41) is 8.68. The maximum Gasteiger partial charge on any atom is 0.573 e. The lowest BCUT2D eigenvalue weighted by Crippen LogP contribution is -2.23. The highest BCUT2D eigenvalue weighted by atomic mass is 19.4. The second-order valence-corrected chi connectivity index (χ2v) is 6.75. The molecule has 2 aromatic carbocycles. The molecule has 0 heterocycles. The van der Waals surface area contributed by atoms with Crippen molar-refractivity contribution < 1.29 is 37.3 Å². The minimum Gasteiger partial charge on any atom is -0.489 e. The summed E-state index contributed by atoms with van der Waals surface area (Å²) in [7, 11) is 0. The molecule has 156 valence electrons. The summed E-state index contributed by atoms with van der Waals surface area (Å²) in [6, 6.07) is 11.4. The molecule has 8 heteroatoms. The Hall–Kier alpha value is -2.74. The number of rotatable bonds is 8. The Labute approximate surface area is 166 Å². The van der Waals surface area contributed by atoms with E-state index in [1.807, 2.05) is 12.1 Å². The number of alkyl halides is 3. The van der Waals surface area contributed by atoms with Crippen molar-refractivity contribution >= 4 is 5.97 Å². The number of fused-ring (bicyclic) bond motifs is 1. The third kappa shape index (κ3) is 6.39. The zero-order valence-electron chi connectivity index (χ0n) is 15.6. The molecule has 0 fully saturated rings. The third-order valence-corrected chi connectivity index (χ3v) is 4.62. The van der Waals surface area contributed by atoms with E-state index in [2.05, 4.69) is 4.74 Å². The molecule has 2 aromatic rings. The number of carboxylic acids is 1. The summed E-state index contributed by atoms with van der Waals surface area (Å²) in [4.78, 5) is 10.6. The summed E-state index contributed by atoms with van der Waals surface area (Å²) in [6.07, 6.45) is -2.56. The number of hydrogen-bond donors (Lipinski definition) is 1. The first-order valence-corrected chi connectivity index (χ1v) is 9.22. The van der Waals surface area contributed by atoms with Gasteiger partial charge in [-0.25, -0.2) is 0 Å². The van der Waals surface area contributed by atoms with E-state index in [0.29, 0.717) is 17.7 Å². The smallest absolute Gasteiger partial charge is 0.489 e. The molecule has 1 aliphatic rings. The summed E-state index contributed by atoms with van der Waals surface area (Å²) in [5.41, 5.74) is 2.50. The molecule has 0 aromatic heterocycles. The van der Waals surface area contributed by atoms with Crippen LogP contribution < -0.4 is 9.47 Å². The second-order valence-electron chi connectivity index (χ2n) is 6.75. The fourth-order valence-electron chi connectivity index (χ4n) is 3.25. The number of para-hydroxylation sites is 1. The number of aliphatic carboxylic acids is 1. The van der Waals surface area contributed by atoms with E-state index in [9.17, 15) is 18.0 Å². The highest BCUT2D eigenvalue weighted by molar-refractivity contribution is 5.66. The molecule has 0 saturated carbocycles. The number of carbonyl (C=O) groups is 1. The Morgan fingerprint density at radius 3 is 2.69 bits per heavy atom. The van der Waals surface area contributed by atoms with Gasteiger partial charge in [-0.3, -0.25) is 4.79 Å². The zero-order valence-corrected chi connectivity index (χ0v) is 15.6. The number of ether oxygens (including phenoxy) is 3. The van der Waals surface area contributed by atoms with Gasteiger partial charge in [-0.1, -0.05) is 24.3 Å². The number of aryl methyl sites for hydroxylation is 1. The molecular formula is C21H21F3O5. The Bertz CT molecular complexity index is 850. The van der Waals surface area contributed by atoms with Gasteiger partial charge in [0.25, 0.3) is 0 Å². The van der Waals surface area contributed by atoms with Crippen LogP contribution in [0.25, 0.3) is 0 Å². The van der Waals surface area contributed by atoms with Crippen LogP contribution in [0.1, 0.15) is 29.5 Å². The van der Waals surface area contributed by atoms with Crippen LogP contribution in [-0.2, 0) is 29.0 Å². The topological polar surface area (TPSA) is 65.0 Å². The van der Waals surface area contributed by atoms with Crippen molar-refractivity contribution in [2.24, 2.45) is 0 Å². The van der Waals surface area contributed by atoms with E-state index in [0.717, 1.165) is 24.0 Å². The fourth-order valence-corrected chi connectivity index (χ4v) is 3.25. The van der Waals surface area contributed by atoms with Crippen molar-refractivity contribution in [3.63, 3.8) is 0 Å². The molecule has 1 aliphatic carbocycles. The van der Waals surface area contributed by atoms with Crippen molar-refractivity contribution in [1.82, 2.24) is 0 Å². The van der Waals surface area contributed by atoms with Crippen LogP contribution in [0.4, 0.5) is 13.2 Å². The Morgan fingerprint density at radius 2 is 1.93 bits per heavy atom. The Balaban J connectivity index is 1.59. The van der Waals surface area contributed by atoms with Crippen LogP contribution in [-0.4, -0.2) is 30.1 Å². The monoisotopic (exact) mass is 410 g/mol. The number of benzene rings is 2. The van der Waals surface area contributed by atoms with Crippen molar-refractivity contribution in [3.8, 4) is 11.5 Å². The highest BCUT2D eigenvalue weighted by Crippen LogP contribution is 2.30. The summed E-state index contributed by atoms with van der Waals surface area (Å²) in [6.45, 7) is 0.141. The first-order valence-electron chi connectivity index (χ1n) is 9.22. The van der Waals surface area contributed by atoms with E-state index in [1.54, 1.807) is 12.1 Å². The number of hydrogen-bond acceptors (Lipinski definition) is 4. The van der Waals surface area contributed by atoms with E-state index in [4.69, 9.17) is 14.6 Å². The van der Waals surface area contributed by atoms with Gasteiger partial charge in [-0.15, -0.1) is 13.2 Å². The molecule has 0 radical (unpaired) electrons. The first kappa shape index (κ1) is 21.0. The quantitative estimate of drug-likeness (QED) is 0.694. The minimum absolute atomic E-state index is 0.0139. The lowest BCUT2D eigenvalue weighted by Gasteiger charge is -2.25. The molecule has 0 amide bonds. The molecule has 3 rings (SSSR count). The lowest BCUT2D eigenvalue weighted by molar-refractivity contribution is -0.275. The van der Waals surface area contributed by atoms with E-state index >= 15 is 0 Å². The SMILES string of the molecule is O=C(O)CCOC1CCc2cc(OCc3ccccc3OC(F)(F)F)ccc2C1. The minimum atomic E-state index is -4.76. The van der Waals surface area contributed by atoms with Gasteiger partial charge in [-0.2, -0.15) is 0 Å². The third-order valence-electron chi connectivity index (χ3n) is 4.62. The molecular weight excluding hydrogens is 389 g/mol. The standard InChI is InChI=1S/C21H21F3O5/c22-21(23,24)29-19-4-2-1-3-16(19)13-28-18-8-6-14-11-17(7-5-15(14)12-18)27-10-9-20(25)26/h1-4,6,8,12,17H,5,7,9-11,13H2,(H,25,26). The predicted molar refractivity (Wildman–Crippen MR) is 97.9 cm³/mol. The lowest BCUT2D eigenvalue weighted by atomic mass is 9.89.